The van der Waals surface area contributed by atoms with Crippen molar-refractivity contribution in [3.8, 4) is 0 Å². The molecule has 1 saturated heterocycles. The molecule has 0 bridgehead atoms. The first kappa shape index (κ1) is 22.3. The Morgan fingerprint density at radius 1 is 1.04 bits per heavy atom. The van der Waals surface area contributed by atoms with E-state index in [1.165, 1.54) is 0 Å². The Balaban J connectivity index is 2.24. The second-order valence-electron chi connectivity index (χ2n) is 7.28. The zero-order valence-corrected chi connectivity index (χ0v) is 16.8. The molecule has 1 rings (SSSR count). The van der Waals surface area contributed by atoms with Crippen LogP contribution in [0.15, 0.2) is 0 Å². The molecule has 0 unspecified atom stereocenters. The van der Waals surface area contributed by atoms with E-state index in [4.69, 9.17) is 0 Å². The third-order valence-electron chi connectivity index (χ3n) is 4.91. The second kappa shape index (κ2) is 11.8. The molecular formula is C19H36N4O3. The van der Waals surface area contributed by atoms with Gasteiger partial charge in [-0.25, -0.2) is 4.79 Å². The number of piperidine rings is 1. The average molecular weight is 369 g/mol. The van der Waals surface area contributed by atoms with Gasteiger partial charge in [0.05, 0.1) is 0 Å². The molecule has 0 aromatic heterocycles. The highest BCUT2D eigenvalue weighted by Crippen LogP contribution is 2.17. The van der Waals surface area contributed by atoms with Gasteiger partial charge in [-0.15, -0.1) is 0 Å². The maximum Gasteiger partial charge on any atom is 0.317 e. The summed E-state index contributed by atoms with van der Waals surface area (Å²) >= 11 is 0. The minimum absolute atomic E-state index is 0.00421. The molecule has 1 fully saturated rings. The topological polar surface area (TPSA) is 81.8 Å². The van der Waals surface area contributed by atoms with Crippen LogP contribution in [0.3, 0.4) is 0 Å². The molecule has 4 amide bonds. The number of nitrogens with one attached hydrogen (secondary N) is 2. The zero-order valence-electron chi connectivity index (χ0n) is 16.8. The van der Waals surface area contributed by atoms with Crippen LogP contribution in [0.4, 0.5) is 4.79 Å². The van der Waals surface area contributed by atoms with Crippen molar-refractivity contribution in [1.29, 1.82) is 0 Å². The highest BCUT2D eigenvalue weighted by atomic mass is 16.2. The fourth-order valence-electron chi connectivity index (χ4n) is 3.10. The molecule has 2 N–H and O–H groups in total. The van der Waals surface area contributed by atoms with Gasteiger partial charge >= 0.3 is 6.03 Å². The number of nitrogens with zero attached hydrogens (tertiary/aromatic N) is 2. The largest absolute Gasteiger partial charge is 0.356 e. The van der Waals surface area contributed by atoms with Gasteiger partial charge in [0, 0.05) is 51.6 Å². The maximum atomic E-state index is 12.2. The lowest BCUT2D eigenvalue weighted by molar-refractivity contribution is -0.130. The van der Waals surface area contributed by atoms with Crippen molar-refractivity contribution in [1.82, 2.24) is 20.4 Å². The summed E-state index contributed by atoms with van der Waals surface area (Å²) in [6.45, 7) is 11.8. The maximum absolute atomic E-state index is 12.2. The van der Waals surface area contributed by atoms with Crippen molar-refractivity contribution in [2.24, 2.45) is 11.8 Å². The van der Waals surface area contributed by atoms with Gasteiger partial charge < -0.3 is 20.4 Å². The van der Waals surface area contributed by atoms with E-state index in [2.05, 4.69) is 24.5 Å². The molecule has 0 aromatic rings. The van der Waals surface area contributed by atoms with Gasteiger partial charge in [-0.2, -0.15) is 0 Å². The van der Waals surface area contributed by atoms with E-state index in [1.807, 2.05) is 13.8 Å². The molecule has 0 aromatic carbocycles. The fraction of sp³-hybridized carbons (Fsp3) is 0.842. The van der Waals surface area contributed by atoms with Crippen molar-refractivity contribution in [2.45, 2.75) is 53.4 Å². The van der Waals surface area contributed by atoms with Crippen LogP contribution in [0.5, 0.6) is 0 Å². The van der Waals surface area contributed by atoms with E-state index in [0.29, 0.717) is 57.9 Å². The van der Waals surface area contributed by atoms with Crippen LogP contribution in [-0.2, 0) is 9.59 Å². The molecule has 150 valence electrons. The summed E-state index contributed by atoms with van der Waals surface area (Å²) in [7, 11) is 0. The number of likely N-dealkylation sites (tertiary alicyclic amines) is 1. The summed E-state index contributed by atoms with van der Waals surface area (Å²) in [5, 5.41) is 5.81. The molecule has 0 spiro atoms. The number of carbonyl (C=O) groups excluding carboxylic acids is 3. The van der Waals surface area contributed by atoms with Gasteiger partial charge in [-0.05, 0) is 39.0 Å². The molecule has 0 atom stereocenters. The Hall–Kier alpha value is -1.79. The third kappa shape index (κ3) is 7.62. The highest BCUT2D eigenvalue weighted by Gasteiger charge is 2.27. The number of rotatable bonds is 9. The van der Waals surface area contributed by atoms with E-state index < -0.39 is 0 Å². The second-order valence-corrected chi connectivity index (χ2v) is 7.28. The Labute approximate surface area is 157 Å². The van der Waals surface area contributed by atoms with Gasteiger partial charge in [-0.1, -0.05) is 13.8 Å². The number of urea groups is 1. The van der Waals surface area contributed by atoms with Crippen LogP contribution >= 0.6 is 0 Å². The van der Waals surface area contributed by atoms with E-state index in [0.717, 1.165) is 13.0 Å². The quantitative estimate of drug-likeness (QED) is 0.651. The summed E-state index contributed by atoms with van der Waals surface area (Å²) in [5.41, 5.74) is 0. The first-order valence-corrected chi connectivity index (χ1v) is 9.97. The predicted molar refractivity (Wildman–Crippen MR) is 103 cm³/mol. The number of amides is 4. The number of hydrogen-bond donors (Lipinski definition) is 2. The van der Waals surface area contributed by atoms with E-state index in [-0.39, 0.29) is 23.8 Å². The van der Waals surface area contributed by atoms with E-state index in [9.17, 15) is 14.4 Å². The third-order valence-corrected chi connectivity index (χ3v) is 4.91. The molecule has 1 aliphatic heterocycles. The minimum atomic E-state index is -0.143. The normalized spacial score (nSPS) is 15.0. The molecule has 0 aliphatic carbocycles. The Morgan fingerprint density at radius 3 is 2.19 bits per heavy atom. The van der Waals surface area contributed by atoms with Gasteiger partial charge in [0.1, 0.15) is 0 Å². The minimum Gasteiger partial charge on any atom is -0.356 e. The zero-order chi connectivity index (χ0) is 19.5. The van der Waals surface area contributed by atoms with Gasteiger partial charge in [0.2, 0.25) is 11.8 Å². The van der Waals surface area contributed by atoms with E-state index in [1.54, 1.807) is 9.80 Å². The summed E-state index contributed by atoms with van der Waals surface area (Å²) in [6, 6.07) is -0.143. The van der Waals surface area contributed by atoms with Crippen molar-refractivity contribution >= 4 is 17.8 Å². The average Bonchev–Trinajstić information content (AvgIpc) is 2.62. The summed E-state index contributed by atoms with van der Waals surface area (Å²) in [4.78, 5) is 39.8. The number of carbonyl (C=O) groups is 3. The smallest absolute Gasteiger partial charge is 0.317 e. The van der Waals surface area contributed by atoms with Crippen molar-refractivity contribution < 1.29 is 14.4 Å². The monoisotopic (exact) mass is 368 g/mol. The summed E-state index contributed by atoms with van der Waals surface area (Å²) < 4.78 is 0. The van der Waals surface area contributed by atoms with Gasteiger partial charge in [0.15, 0.2) is 0 Å². The Bertz CT molecular complexity index is 456. The molecule has 1 heterocycles. The first-order chi connectivity index (χ1) is 12.4. The van der Waals surface area contributed by atoms with Crippen LogP contribution in [0, 0.1) is 11.8 Å². The molecular weight excluding hydrogens is 332 g/mol. The SMILES string of the molecule is CCN(CC)C(=O)CCNC(=O)N1CCC(C(=O)NCCC(C)C)CC1. The predicted octanol–water partition coefficient (Wildman–Crippen LogP) is 1.83. The molecule has 7 heteroatoms. The van der Waals surface area contributed by atoms with Crippen LogP contribution in [-0.4, -0.2) is 66.9 Å². The first-order valence-electron chi connectivity index (χ1n) is 9.97. The van der Waals surface area contributed by atoms with Gasteiger partial charge in [-0.3, -0.25) is 9.59 Å². The lowest BCUT2D eigenvalue weighted by Crippen LogP contribution is -2.47. The van der Waals surface area contributed by atoms with Gasteiger partial charge in [0.25, 0.3) is 0 Å². The Kier molecular flexibility index (Phi) is 10.1. The standard InChI is InChI=1S/C19H36N4O3/c1-5-22(6-2)17(24)8-12-21-19(26)23-13-9-16(10-14-23)18(25)20-11-7-15(3)4/h15-16H,5-14H2,1-4H3,(H,20,25)(H,21,26). The molecule has 0 radical (unpaired) electrons. The molecule has 0 saturated carbocycles. The van der Waals surface area contributed by atoms with Crippen molar-refractivity contribution in [3.63, 3.8) is 0 Å². The van der Waals surface area contributed by atoms with E-state index >= 15 is 0 Å². The lowest BCUT2D eigenvalue weighted by atomic mass is 9.96. The van der Waals surface area contributed by atoms with Crippen LogP contribution in [0.2, 0.25) is 0 Å². The molecule has 1 aliphatic rings. The van der Waals surface area contributed by atoms with Crippen LogP contribution < -0.4 is 10.6 Å². The summed E-state index contributed by atoms with van der Waals surface area (Å²) in [6.07, 6.45) is 2.69. The lowest BCUT2D eigenvalue weighted by Gasteiger charge is -2.31. The molecule has 26 heavy (non-hydrogen) atoms. The Morgan fingerprint density at radius 2 is 1.65 bits per heavy atom. The summed E-state index contributed by atoms with van der Waals surface area (Å²) in [5.74, 6) is 0.743. The van der Waals surface area contributed by atoms with Crippen LogP contribution in [0.1, 0.15) is 53.4 Å². The van der Waals surface area contributed by atoms with Crippen molar-refractivity contribution in [2.75, 3.05) is 39.3 Å². The van der Waals surface area contributed by atoms with Crippen molar-refractivity contribution in [3.05, 3.63) is 0 Å². The fourth-order valence-corrected chi connectivity index (χ4v) is 3.10. The highest BCUT2D eigenvalue weighted by molar-refractivity contribution is 5.80. The number of hydrogen-bond acceptors (Lipinski definition) is 3. The van der Waals surface area contributed by atoms with Crippen LogP contribution in [0.25, 0.3) is 0 Å². The molecule has 7 nitrogen and oxygen atoms in total.